The first kappa shape index (κ1) is 20.1. The molecule has 25 heavy (non-hydrogen) atoms. The van der Waals surface area contributed by atoms with Crippen molar-refractivity contribution in [2.45, 2.75) is 6.92 Å². The third-order valence-corrected chi connectivity index (χ3v) is 5.76. The molecule has 0 saturated carbocycles. The van der Waals surface area contributed by atoms with Gasteiger partial charge in [0, 0.05) is 36.9 Å². The van der Waals surface area contributed by atoms with Crippen LogP contribution in [0.5, 0.6) is 0 Å². The highest BCUT2D eigenvalue weighted by Crippen LogP contribution is 2.22. The Balaban J connectivity index is 1.96. The van der Waals surface area contributed by atoms with Crippen molar-refractivity contribution < 1.29 is 17.9 Å². The van der Waals surface area contributed by atoms with E-state index < -0.39 is 15.9 Å². The predicted molar refractivity (Wildman–Crippen MR) is 98.5 cm³/mol. The van der Waals surface area contributed by atoms with Crippen LogP contribution < -0.4 is 5.32 Å². The van der Waals surface area contributed by atoms with Gasteiger partial charge in [0.25, 0.3) is 0 Å². The van der Waals surface area contributed by atoms with Gasteiger partial charge in [0.1, 0.15) is 0 Å². The zero-order valence-corrected chi connectivity index (χ0v) is 16.1. The van der Waals surface area contributed by atoms with E-state index in [9.17, 15) is 13.2 Å². The summed E-state index contributed by atoms with van der Waals surface area (Å²) >= 11 is 6.04. The van der Waals surface area contributed by atoms with E-state index in [1.54, 1.807) is 25.1 Å². The summed E-state index contributed by atoms with van der Waals surface area (Å²) in [6, 6.07) is 5.20. The van der Waals surface area contributed by atoms with E-state index in [1.807, 2.05) is 0 Å². The number of hydrogen-bond acceptors (Lipinski definition) is 5. The van der Waals surface area contributed by atoms with Crippen molar-refractivity contribution in [3.05, 3.63) is 28.8 Å². The summed E-state index contributed by atoms with van der Waals surface area (Å²) in [5.74, 6) is -0.391. The smallest absolute Gasteiger partial charge is 0.239 e. The first-order valence-corrected chi connectivity index (χ1v) is 10.3. The lowest BCUT2D eigenvalue weighted by Gasteiger charge is -2.29. The van der Waals surface area contributed by atoms with Crippen LogP contribution in [0, 0.1) is 6.92 Å². The quantitative estimate of drug-likeness (QED) is 0.757. The van der Waals surface area contributed by atoms with Gasteiger partial charge in [0.05, 0.1) is 26.0 Å². The number of benzene rings is 1. The van der Waals surface area contributed by atoms with Crippen LogP contribution in [-0.4, -0.2) is 75.7 Å². The van der Waals surface area contributed by atoms with Gasteiger partial charge in [-0.2, -0.15) is 4.31 Å². The average molecular weight is 390 g/mol. The maximum absolute atomic E-state index is 12.3. The van der Waals surface area contributed by atoms with Crippen molar-refractivity contribution in [2.75, 3.05) is 57.5 Å². The summed E-state index contributed by atoms with van der Waals surface area (Å²) in [4.78, 5) is 14.4. The molecule has 0 atom stereocenters. The van der Waals surface area contributed by atoms with E-state index in [2.05, 4.69) is 10.2 Å². The monoisotopic (exact) mass is 389 g/mol. The lowest BCUT2D eigenvalue weighted by atomic mass is 10.2. The topological polar surface area (TPSA) is 79.0 Å². The molecule has 1 fully saturated rings. The van der Waals surface area contributed by atoms with Gasteiger partial charge in [-0.3, -0.25) is 9.69 Å². The van der Waals surface area contributed by atoms with E-state index in [0.29, 0.717) is 30.5 Å². The number of rotatable bonds is 7. The van der Waals surface area contributed by atoms with E-state index in [1.165, 1.54) is 4.31 Å². The first-order valence-electron chi connectivity index (χ1n) is 8.07. The molecule has 1 heterocycles. The molecule has 1 aromatic carbocycles. The van der Waals surface area contributed by atoms with Gasteiger partial charge in [-0.25, -0.2) is 8.42 Å². The fraction of sp³-hybridized carbons (Fsp3) is 0.562. The van der Waals surface area contributed by atoms with Gasteiger partial charge in [-0.05, 0) is 24.6 Å². The number of morpholine rings is 1. The Hall–Kier alpha value is -1.19. The SMILES string of the molecule is Cc1c(Cl)cccc1NC(=O)CN(CCN1CCOCC1)S(C)(=O)=O. The Kier molecular flexibility index (Phi) is 7.21. The van der Waals surface area contributed by atoms with Crippen molar-refractivity contribution in [3.8, 4) is 0 Å². The molecule has 1 amide bonds. The molecule has 0 unspecified atom stereocenters. The lowest BCUT2D eigenvalue weighted by Crippen LogP contribution is -2.45. The molecule has 0 radical (unpaired) electrons. The molecule has 0 bridgehead atoms. The maximum Gasteiger partial charge on any atom is 0.239 e. The minimum Gasteiger partial charge on any atom is -0.379 e. The standard InChI is InChI=1S/C16H24ClN3O4S/c1-13-14(17)4-3-5-15(13)18-16(21)12-20(25(2,22)23)7-6-19-8-10-24-11-9-19/h3-5H,6-12H2,1-2H3,(H,18,21). The van der Waals surface area contributed by atoms with Crippen LogP contribution >= 0.6 is 11.6 Å². The van der Waals surface area contributed by atoms with E-state index in [4.69, 9.17) is 16.3 Å². The fourth-order valence-corrected chi connectivity index (χ4v) is 3.47. The minimum absolute atomic E-state index is 0.227. The Morgan fingerprint density at radius 2 is 2.04 bits per heavy atom. The number of halogens is 1. The van der Waals surface area contributed by atoms with Crippen molar-refractivity contribution in [1.29, 1.82) is 0 Å². The summed E-state index contributed by atoms with van der Waals surface area (Å²) in [6.07, 6.45) is 1.12. The lowest BCUT2D eigenvalue weighted by molar-refractivity contribution is -0.116. The second kappa shape index (κ2) is 8.95. The molecule has 1 aromatic rings. The number of amides is 1. The van der Waals surface area contributed by atoms with Gasteiger partial charge in [-0.15, -0.1) is 0 Å². The zero-order valence-electron chi connectivity index (χ0n) is 14.5. The van der Waals surface area contributed by atoms with E-state index >= 15 is 0 Å². The molecular formula is C16H24ClN3O4S. The Morgan fingerprint density at radius 3 is 2.68 bits per heavy atom. The molecule has 1 saturated heterocycles. The van der Waals surface area contributed by atoms with Gasteiger partial charge in [0.15, 0.2) is 0 Å². The summed E-state index contributed by atoms with van der Waals surface area (Å²) < 4.78 is 30.5. The number of anilines is 1. The number of carbonyl (C=O) groups is 1. The number of carbonyl (C=O) groups excluding carboxylic acids is 1. The summed E-state index contributed by atoms with van der Waals surface area (Å²) in [5.41, 5.74) is 1.33. The highest BCUT2D eigenvalue weighted by atomic mass is 35.5. The summed E-state index contributed by atoms with van der Waals surface area (Å²) in [6.45, 7) is 5.23. The summed E-state index contributed by atoms with van der Waals surface area (Å²) in [7, 11) is -3.48. The second-order valence-corrected chi connectivity index (χ2v) is 8.40. The van der Waals surface area contributed by atoms with E-state index in [-0.39, 0.29) is 13.1 Å². The number of nitrogens with one attached hydrogen (secondary N) is 1. The Morgan fingerprint density at radius 1 is 1.36 bits per heavy atom. The molecule has 0 spiro atoms. The second-order valence-electron chi connectivity index (χ2n) is 6.01. The van der Waals surface area contributed by atoms with E-state index in [0.717, 1.165) is 24.9 Å². The molecule has 140 valence electrons. The van der Waals surface area contributed by atoms with Crippen LogP contribution in [0.25, 0.3) is 0 Å². The van der Waals surface area contributed by atoms with Crippen LogP contribution in [0.3, 0.4) is 0 Å². The third kappa shape index (κ3) is 6.23. The summed E-state index contributed by atoms with van der Waals surface area (Å²) in [5, 5.41) is 3.27. The highest BCUT2D eigenvalue weighted by Gasteiger charge is 2.22. The predicted octanol–water partition coefficient (Wildman–Crippen LogP) is 1.18. The van der Waals surface area contributed by atoms with Crippen molar-refractivity contribution >= 4 is 33.2 Å². The van der Waals surface area contributed by atoms with Crippen molar-refractivity contribution in [1.82, 2.24) is 9.21 Å². The molecule has 2 rings (SSSR count). The minimum atomic E-state index is -3.48. The van der Waals surface area contributed by atoms with Crippen LogP contribution in [0.1, 0.15) is 5.56 Å². The van der Waals surface area contributed by atoms with Gasteiger partial charge in [-0.1, -0.05) is 17.7 Å². The molecular weight excluding hydrogens is 366 g/mol. The maximum atomic E-state index is 12.3. The molecule has 7 nitrogen and oxygen atoms in total. The molecule has 1 N–H and O–H groups in total. The van der Waals surface area contributed by atoms with Gasteiger partial charge >= 0.3 is 0 Å². The van der Waals surface area contributed by atoms with Crippen molar-refractivity contribution in [2.24, 2.45) is 0 Å². The largest absolute Gasteiger partial charge is 0.379 e. The van der Waals surface area contributed by atoms with Gasteiger partial charge in [0.2, 0.25) is 15.9 Å². The normalized spacial score (nSPS) is 16.2. The number of ether oxygens (including phenoxy) is 1. The number of sulfonamides is 1. The third-order valence-electron chi connectivity index (χ3n) is 4.10. The molecule has 0 aromatic heterocycles. The number of nitrogens with zero attached hydrogens (tertiary/aromatic N) is 2. The fourth-order valence-electron chi connectivity index (χ4n) is 2.53. The van der Waals surface area contributed by atoms with Crippen LogP contribution in [0.2, 0.25) is 5.02 Å². The van der Waals surface area contributed by atoms with Crippen LogP contribution in [-0.2, 0) is 19.6 Å². The molecule has 1 aliphatic rings. The Labute approximate surface area is 153 Å². The highest BCUT2D eigenvalue weighted by molar-refractivity contribution is 7.88. The van der Waals surface area contributed by atoms with Gasteiger partial charge < -0.3 is 10.1 Å². The molecule has 0 aliphatic carbocycles. The average Bonchev–Trinajstić information content (AvgIpc) is 2.55. The van der Waals surface area contributed by atoms with Crippen LogP contribution in [0.15, 0.2) is 18.2 Å². The number of hydrogen-bond donors (Lipinski definition) is 1. The van der Waals surface area contributed by atoms with Crippen LogP contribution in [0.4, 0.5) is 5.69 Å². The molecule has 9 heteroatoms. The zero-order chi connectivity index (χ0) is 18.4. The first-order chi connectivity index (χ1) is 11.8. The Bertz CT molecular complexity index is 705. The molecule has 1 aliphatic heterocycles. The van der Waals surface area contributed by atoms with Crippen molar-refractivity contribution in [3.63, 3.8) is 0 Å².